The molecule has 1 aromatic heterocycles. The van der Waals surface area contributed by atoms with Gasteiger partial charge < -0.3 is 5.32 Å². The number of nitro groups is 1. The molecule has 0 saturated carbocycles. The number of carbonyl (C=O) groups excluding carboxylic acids is 1. The van der Waals surface area contributed by atoms with Gasteiger partial charge in [-0.15, -0.1) is 0 Å². The number of hydrogen-bond acceptors (Lipinski definition) is 4. The number of amides is 1. The van der Waals surface area contributed by atoms with Crippen LogP contribution >= 0.6 is 0 Å². The number of non-ortho nitro benzene ring substituents is 1. The predicted octanol–water partition coefficient (Wildman–Crippen LogP) is 4.76. The van der Waals surface area contributed by atoms with Crippen LogP contribution in [0.1, 0.15) is 43.1 Å². The fourth-order valence-electron chi connectivity index (χ4n) is 3.05. The van der Waals surface area contributed by atoms with Crippen molar-refractivity contribution in [2.24, 2.45) is 0 Å². The number of benzene rings is 2. The van der Waals surface area contributed by atoms with Crippen LogP contribution in [0.2, 0.25) is 0 Å². The Hall–Kier alpha value is -3.48. The molecule has 7 nitrogen and oxygen atoms in total. The van der Waals surface area contributed by atoms with E-state index in [9.17, 15) is 14.9 Å². The second-order valence-corrected chi connectivity index (χ2v) is 6.78. The van der Waals surface area contributed by atoms with Crippen molar-refractivity contribution < 1.29 is 9.72 Å². The first-order valence-electron chi connectivity index (χ1n) is 9.78. The molecule has 0 aliphatic rings. The van der Waals surface area contributed by atoms with Crippen LogP contribution in [0.25, 0.3) is 16.9 Å². The van der Waals surface area contributed by atoms with Crippen LogP contribution in [0.15, 0.2) is 60.7 Å². The normalized spacial score (nSPS) is 10.7. The number of nitrogens with zero attached hydrogens (tertiary/aromatic N) is 3. The summed E-state index contributed by atoms with van der Waals surface area (Å²) in [4.78, 5) is 23.3. The molecule has 3 aromatic rings. The summed E-state index contributed by atoms with van der Waals surface area (Å²) in [5.74, 6) is -0.213. The first kappa shape index (κ1) is 20.3. The topological polar surface area (TPSA) is 90.1 Å². The maximum Gasteiger partial charge on any atom is 0.270 e. The minimum absolute atomic E-state index is 0.00823. The molecule has 0 spiro atoms. The Morgan fingerprint density at radius 1 is 1.07 bits per heavy atom. The minimum atomic E-state index is -0.452. The molecule has 0 radical (unpaired) electrons. The Labute approximate surface area is 169 Å². The van der Waals surface area contributed by atoms with Crippen LogP contribution in [-0.4, -0.2) is 27.2 Å². The van der Waals surface area contributed by atoms with E-state index in [1.54, 1.807) is 18.2 Å². The van der Waals surface area contributed by atoms with Crippen molar-refractivity contribution in [1.82, 2.24) is 15.1 Å². The molecule has 1 N–H and O–H groups in total. The predicted molar refractivity (Wildman–Crippen MR) is 112 cm³/mol. The lowest BCUT2D eigenvalue weighted by Crippen LogP contribution is -2.26. The van der Waals surface area contributed by atoms with E-state index in [1.165, 1.54) is 16.8 Å². The maximum atomic E-state index is 12.8. The molecule has 0 atom stereocenters. The van der Waals surface area contributed by atoms with E-state index >= 15 is 0 Å². The third kappa shape index (κ3) is 5.07. The molecular weight excluding hydrogens is 368 g/mol. The lowest BCUT2D eigenvalue weighted by molar-refractivity contribution is -0.384. The summed E-state index contributed by atoms with van der Waals surface area (Å²) in [5.41, 5.74) is 2.54. The fraction of sp³-hybridized carbons (Fsp3) is 0.273. The lowest BCUT2D eigenvalue weighted by atomic mass is 10.1. The van der Waals surface area contributed by atoms with Gasteiger partial charge in [-0.3, -0.25) is 14.9 Å². The minimum Gasteiger partial charge on any atom is -0.351 e. The zero-order valence-electron chi connectivity index (χ0n) is 16.4. The van der Waals surface area contributed by atoms with E-state index in [-0.39, 0.29) is 11.6 Å². The van der Waals surface area contributed by atoms with Crippen molar-refractivity contribution in [3.05, 3.63) is 76.5 Å². The van der Waals surface area contributed by atoms with Gasteiger partial charge in [0.05, 0.1) is 16.3 Å². The van der Waals surface area contributed by atoms with Crippen LogP contribution < -0.4 is 5.32 Å². The molecule has 0 saturated heterocycles. The second kappa shape index (κ2) is 9.64. The van der Waals surface area contributed by atoms with Crippen molar-refractivity contribution >= 4 is 11.6 Å². The molecule has 1 amide bonds. The molecular formula is C22H24N4O3. The molecule has 0 unspecified atom stereocenters. The van der Waals surface area contributed by atoms with Crippen LogP contribution in [0.4, 0.5) is 5.69 Å². The van der Waals surface area contributed by atoms with Gasteiger partial charge in [0.2, 0.25) is 0 Å². The average molecular weight is 392 g/mol. The van der Waals surface area contributed by atoms with Crippen molar-refractivity contribution in [1.29, 1.82) is 0 Å². The SMILES string of the molecule is CCCCCCNC(=O)c1cc(-c2ccccc2)nn1-c1ccc([N+](=O)[O-])cc1. The summed E-state index contributed by atoms with van der Waals surface area (Å²) in [5, 5.41) is 18.5. The van der Waals surface area contributed by atoms with Crippen molar-refractivity contribution in [3.8, 4) is 16.9 Å². The molecule has 0 fully saturated rings. The van der Waals surface area contributed by atoms with E-state index < -0.39 is 4.92 Å². The summed E-state index contributed by atoms with van der Waals surface area (Å²) in [7, 11) is 0. The van der Waals surface area contributed by atoms with Crippen LogP contribution in [0, 0.1) is 10.1 Å². The zero-order valence-corrected chi connectivity index (χ0v) is 16.4. The second-order valence-electron chi connectivity index (χ2n) is 6.78. The van der Waals surface area contributed by atoms with Gasteiger partial charge in [-0.05, 0) is 24.6 Å². The molecule has 0 aliphatic heterocycles. The summed E-state index contributed by atoms with van der Waals surface area (Å²) in [6.45, 7) is 2.75. The van der Waals surface area contributed by atoms with Crippen LogP contribution in [0.3, 0.4) is 0 Å². The first-order chi connectivity index (χ1) is 14.1. The lowest BCUT2D eigenvalue weighted by Gasteiger charge is -2.08. The highest BCUT2D eigenvalue weighted by Crippen LogP contribution is 2.23. The van der Waals surface area contributed by atoms with Gasteiger partial charge in [-0.2, -0.15) is 5.10 Å². The van der Waals surface area contributed by atoms with E-state index in [0.29, 0.717) is 23.6 Å². The Morgan fingerprint density at radius 2 is 1.79 bits per heavy atom. The van der Waals surface area contributed by atoms with Crippen molar-refractivity contribution in [3.63, 3.8) is 0 Å². The Bertz CT molecular complexity index is 965. The number of hydrogen-bond donors (Lipinski definition) is 1. The molecule has 7 heteroatoms. The number of nitro benzene ring substituents is 1. The molecule has 150 valence electrons. The van der Waals surface area contributed by atoms with Crippen molar-refractivity contribution in [2.75, 3.05) is 6.54 Å². The van der Waals surface area contributed by atoms with E-state index in [4.69, 9.17) is 0 Å². The third-order valence-corrected chi connectivity index (χ3v) is 4.63. The number of nitrogens with one attached hydrogen (secondary N) is 1. The highest BCUT2D eigenvalue weighted by Gasteiger charge is 2.18. The van der Waals surface area contributed by atoms with Gasteiger partial charge in [0.1, 0.15) is 5.69 Å². The van der Waals surface area contributed by atoms with E-state index in [1.807, 2.05) is 30.3 Å². The quantitative estimate of drug-likeness (QED) is 0.323. The van der Waals surface area contributed by atoms with Gasteiger partial charge in [0.25, 0.3) is 11.6 Å². The standard InChI is InChI=1S/C22H24N4O3/c1-2-3-4-8-15-23-22(27)21-16-20(17-9-6-5-7-10-17)24-25(21)18-11-13-19(14-12-18)26(28)29/h5-7,9-14,16H,2-4,8,15H2,1H3,(H,23,27). The molecule has 29 heavy (non-hydrogen) atoms. The van der Waals surface area contributed by atoms with Gasteiger partial charge in [-0.1, -0.05) is 56.5 Å². The first-order valence-corrected chi connectivity index (χ1v) is 9.78. The molecule has 3 rings (SSSR count). The Kier molecular flexibility index (Phi) is 6.73. The summed E-state index contributed by atoms with van der Waals surface area (Å²) in [6.07, 6.45) is 4.29. The van der Waals surface area contributed by atoms with Gasteiger partial charge >= 0.3 is 0 Å². The number of carbonyl (C=O) groups is 1. The monoisotopic (exact) mass is 392 g/mol. The average Bonchev–Trinajstić information content (AvgIpc) is 3.20. The number of aromatic nitrogens is 2. The molecule has 2 aromatic carbocycles. The van der Waals surface area contributed by atoms with E-state index in [0.717, 1.165) is 31.2 Å². The van der Waals surface area contributed by atoms with Crippen LogP contribution in [0.5, 0.6) is 0 Å². The maximum absolute atomic E-state index is 12.8. The van der Waals surface area contributed by atoms with Gasteiger partial charge in [0, 0.05) is 24.2 Å². The Balaban J connectivity index is 1.89. The number of rotatable bonds is 9. The summed E-state index contributed by atoms with van der Waals surface area (Å²) < 4.78 is 1.54. The third-order valence-electron chi connectivity index (χ3n) is 4.63. The zero-order chi connectivity index (χ0) is 20.6. The smallest absolute Gasteiger partial charge is 0.270 e. The fourth-order valence-corrected chi connectivity index (χ4v) is 3.05. The van der Waals surface area contributed by atoms with E-state index in [2.05, 4.69) is 17.3 Å². The summed E-state index contributed by atoms with van der Waals surface area (Å²) in [6, 6.07) is 17.3. The molecule has 0 aliphatic carbocycles. The summed E-state index contributed by atoms with van der Waals surface area (Å²) >= 11 is 0. The molecule has 1 heterocycles. The van der Waals surface area contributed by atoms with Gasteiger partial charge in [0.15, 0.2) is 0 Å². The molecule has 0 bridgehead atoms. The largest absolute Gasteiger partial charge is 0.351 e. The van der Waals surface area contributed by atoms with Gasteiger partial charge in [-0.25, -0.2) is 4.68 Å². The van der Waals surface area contributed by atoms with Crippen molar-refractivity contribution in [2.45, 2.75) is 32.6 Å². The highest BCUT2D eigenvalue weighted by molar-refractivity contribution is 5.94. The number of unbranched alkanes of at least 4 members (excludes halogenated alkanes) is 3. The van der Waals surface area contributed by atoms with Crippen LogP contribution in [-0.2, 0) is 0 Å². The Morgan fingerprint density at radius 3 is 2.45 bits per heavy atom. The highest BCUT2D eigenvalue weighted by atomic mass is 16.6.